The summed E-state index contributed by atoms with van der Waals surface area (Å²) in [6, 6.07) is 8.01. The van der Waals surface area contributed by atoms with Crippen molar-refractivity contribution in [1.82, 2.24) is 10.2 Å². The highest BCUT2D eigenvalue weighted by atomic mass is 16.4. The minimum Gasteiger partial charge on any atom is -0.476 e. The Bertz CT molecular complexity index is 672. The second kappa shape index (κ2) is 5.68. The van der Waals surface area contributed by atoms with Crippen LogP contribution < -0.4 is 4.90 Å². The van der Waals surface area contributed by atoms with Crippen molar-refractivity contribution in [3.8, 4) is 0 Å². The van der Waals surface area contributed by atoms with Crippen LogP contribution in [-0.4, -0.2) is 33.9 Å². The molecule has 1 saturated heterocycles. The Hall–Kier alpha value is -2.17. The second-order valence-corrected chi connectivity index (χ2v) is 5.47. The zero-order valence-corrected chi connectivity index (χ0v) is 12.1. The number of fused-ring (bicyclic) bond motifs is 1. The lowest BCUT2D eigenvalue weighted by Gasteiger charge is -2.38. The maximum Gasteiger partial charge on any atom is 0.358 e. The number of aromatic nitrogens is 2. The van der Waals surface area contributed by atoms with E-state index in [1.165, 1.54) is 6.42 Å². The number of rotatable bonds is 3. The fraction of sp³-hybridized carbons (Fsp3) is 0.438. The van der Waals surface area contributed by atoms with Crippen LogP contribution in [0.5, 0.6) is 0 Å². The third-order valence-electron chi connectivity index (χ3n) is 4.23. The van der Waals surface area contributed by atoms with Gasteiger partial charge in [-0.2, -0.15) is 0 Å². The number of carboxylic acid groups (broad SMARTS) is 1. The number of carbonyl (C=O) groups is 1. The van der Waals surface area contributed by atoms with E-state index in [0.717, 1.165) is 42.4 Å². The summed E-state index contributed by atoms with van der Waals surface area (Å²) in [6.45, 7) is 3.04. The van der Waals surface area contributed by atoms with Crippen LogP contribution in [-0.2, 0) is 0 Å². The first-order valence-corrected chi connectivity index (χ1v) is 7.47. The molecule has 0 saturated carbocycles. The lowest BCUT2D eigenvalue weighted by molar-refractivity contribution is 0.0690. The summed E-state index contributed by atoms with van der Waals surface area (Å²) in [7, 11) is 0. The Labute approximate surface area is 123 Å². The summed E-state index contributed by atoms with van der Waals surface area (Å²) in [4.78, 5) is 13.8. The van der Waals surface area contributed by atoms with Crippen LogP contribution in [0.1, 0.15) is 43.1 Å². The quantitative estimate of drug-likeness (QED) is 0.938. The molecule has 5 heteroatoms. The second-order valence-electron chi connectivity index (χ2n) is 5.47. The predicted octanol–water partition coefficient (Wildman–Crippen LogP) is 3.10. The van der Waals surface area contributed by atoms with Crippen molar-refractivity contribution < 1.29 is 9.90 Å². The van der Waals surface area contributed by atoms with Gasteiger partial charge in [0.1, 0.15) is 0 Å². The van der Waals surface area contributed by atoms with Gasteiger partial charge in [-0.1, -0.05) is 25.1 Å². The third-order valence-corrected chi connectivity index (χ3v) is 4.23. The summed E-state index contributed by atoms with van der Waals surface area (Å²) in [6.07, 6.45) is 4.40. The van der Waals surface area contributed by atoms with Crippen molar-refractivity contribution in [3.63, 3.8) is 0 Å². The van der Waals surface area contributed by atoms with Gasteiger partial charge in [0.15, 0.2) is 5.69 Å². The maximum atomic E-state index is 11.6. The van der Waals surface area contributed by atoms with Gasteiger partial charge in [-0.3, -0.25) is 0 Å². The molecular weight excluding hydrogens is 266 g/mol. The molecule has 1 aliphatic heterocycles. The van der Waals surface area contributed by atoms with E-state index in [4.69, 9.17) is 0 Å². The van der Waals surface area contributed by atoms with E-state index < -0.39 is 5.97 Å². The van der Waals surface area contributed by atoms with Gasteiger partial charge >= 0.3 is 5.97 Å². The number of carboxylic acids is 1. The zero-order valence-electron chi connectivity index (χ0n) is 12.1. The molecule has 1 aliphatic rings. The summed E-state index contributed by atoms with van der Waals surface area (Å²) in [5, 5.41) is 18.4. The van der Waals surface area contributed by atoms with Gasteiger partial charge in [0.2, 0.25) is 0 Å². The van der Waals surface area contributed by atoms with Crippen LogP contribution in [0.25, 0.3) is 10.9 Å². The molecule has 21 heavy (non-hydrogen) atoms. The molecule has 2 heterocycles. The van der Waals surface area contributed by atoms with Gasteiger partial charge in [-0.05, 0) is 31.7 Å². The Morgan fingerprint density at radius 2 is 2.14 bits per heavy atom. The molecule has 5 nitrogen and oxygen atoms in total. The van der Waals surface area contributed by atoms with E-state index >= 15 is 0 Å². The fourth-order valence-corrected chi connectivity index (χ4v) is 3.19. The number of hydrogen-bond acceptors (Lipinski definition) is 4. The number of nitrogens with zero attached hydrogens (tertiary/aromatic N) is 3. The molecular formula is C16H19N3O2. The Morgan fingerprint density at radius 1 is 1.33 bits per heavy atom. The topological polar surface area (TPSA) is 66.3 Å². The lowest BCUT2D eigenvalue weighted by Crippen LogP contribution is -2.40. The van der Waals surface area contributed by atoms with E-state index in [1.54, 1.807) is 0 Å². The molecule has 1 fully saturated rings. The van der Waals surface area contributed by atoms with Crippen molar-refractivity contribution in [1.29, 1.82) is 0 Å². The Morgan fingerprint density at radius 3 is 2.90 bits per heavy atom. The van der Waals surface area contributed by atoms with Gasteiger partial charge in [0, 0.05) is 18.0 Å². The highest BCUT2D eigenvalue weighted by molar-refractivity contribution is 6.02. The molecule has 1 N–H and O–H groups in total. The molecule has 3 rings (SSSR count). The number of piperidine rings is 1. The van der Waals surface area contributed by atoms with Gasteiger partial charge in [-0.15, -0.1) is 10.2 Å². The molecule has 2 aromatic rings. The fourth-order valence-electron chi connectivity index (χ4n) is 3.19. The van der Waals surface area contributed by atoms with E-state index in [9.17, 15) is 9.90 Å². The number of aromatic carboxylic acids is 1. The monoisotopic (exact) mass is 285 g/mol. The van der Waals surface area contributed by atoms with Crippen LogP contribution in [0.2, 0.25) is 0 Å². The first kappa shape index (κ1) is 13.8. The Kier molecular flexibility index (Phi) is 3.73. The van der Waals surface area contributed by atoms with E-state index in [0.29, 0.717) is 6.04 Å². The summed E-state index contributed by atoms with van der Waals surface area (Å²) >= 11 is 0. The van der Waals surface area contributed by atoms with Crippen molar-refractivity contribution >= 4 is 22.6 Å². The molecule has 1 atom stereocenters. The molecule has 1 aromatic carbocycles. The standard InChI is InChI=1S/C16H19N3O2/c1-2-11-7-5-6-10-19(11)15-12-8-3-4-9-13(12)17-18-14(15)16(20)21/h3-4,8-9,11H,2,5-7,10H2,1H3,(H,20,21). The van der Waals surface area contributed by atoms with Crippen LogP contribution in [0.4, 0.5) is 5.69 Å². The van der Waals surface area contributed by atoms with E-state index in [1.807, 2.05) is 24.3 Å². The summed E-state index contributed by atoms with van der Waals surface area (Å²) in [5.74, 6) is -1.01. The summed E-state index contributed by atoms with van der Waals surface area (Å²) < 4.78 is 0. The molecule has 1 aromatic heterocycles. The highest BCUT2D eigenvalue weighted by Crippen LogP contribution is 2.33. The smallest absolute Gasteiger partial charge is 0.358 e. The average Bonchev–Trinajstić information content (AvgIpc) is 2.53. The molecule has 0 amide bonds. The normalized spacial score (nSPS) is 18.9. The van der Waals surface area contributed by atoms with E-state index in [-0.39, 0.29) is 5.69 Å². The zero-order chi connectivity index (χ0) is 14.8. The van der Waals surface area contributed by atoms with Gasteiger partial charge in [0.25, 0.3) is 0 Å². The molecule has 0 aliphatic carbocycles. The molecule has 0 radical (unpaired) electrons. The number of hydrogen-bond donors (Lipinski definition) is 1. The molecule has 0 spiro atoms. The lowest BCUT2D eigenvalue weighted by atomic mass is 9.98. The number of benzene rings is 1. The first-order chi connectivity index (χ1) is 10.2. The molecule has 110 valence electrons. The van der Waals surface area contributed by atoms with Gasteiger partial charge in [0.05, 0.1) is 11.2 Å². The van der Waals surface area contributed by atoms with Crippen LogP contribution in [0.15, 0.2) is 24.3 Å². The van der Waals surface area contributed by atoms with Crippen LogP contribution in [0.3, 0.4) is 0 Å². The minimum atomic E-state index is -1.01. The number of anilines is 1. The van der Waals surface area contributed by atoms with Crippen LogP contribution >= 0.6 is 0 Å². The highest BCUT2D eigenvalue weighted by Gasteiger charge is 2.28. The van der Waals surface area contributed by atoms with Gasteiger partial charge in [-0.25, -0.2) is 4.79 Å². The first-order valence-electron chi connectivity index (χ1n) is 7.47. The maximum absolute atomic E-state index is 11.6. The minimum absolute atomic E-state index is 0.0639. The molecule has 1 unspecified atom stereocenters. The van der Waals surface area contributed by atoms with Crippen molar-refractivity contribution in [2.75, 3.05) is 11.4 Å². The van der Waals surface area contributed by atoms with Crippen LogP contribution in [0, 0.1) is 0 Å². The Balaban J connectivity index is 2.22. The third kappa shape index (κ3) is 2.44. The largest absolute Gasteiger partial charge is 0.476 e. The SMILES string of the molecule is CCC1CCCCN1c1c(C(=O)O)nnc2ccccc12. The molecule has 0 bridgehead atoms. The van der Waals surface area contributed by atoms with Crippen molar-refractivity contribution in [2.45, 2.75) is 38.6 Å². The summed E-state index contributed by atoms with van der Waals surface area (Å²) in [5.41, 5.74) is 1.55. The van der Waals surface area contributed by atoms with Crippen molar-refractivity contribution in [3.05, 3.63) is 30.0 Å². The average molecular weight is 285 g/mol. The van der Waals surface area contributed by atoms with Gasteiger partial charge < -0.3 is 10.0 Å². The van der Waals surface area contributed by atoms with Crippen molar-refractivity contribution in [2.24, 2.45) is 0 Å². The predicted molar refractivity (Wildman–Crippen MR) is 81.8 cm³/mol. The van der Waals surface area contributed by atoms with E-state index in [2.05, 4.69) is 22.0 Å².